The summed E-state index contributed by atoms with van der Waals surface area (Å²) in [5.74, 6) is -0.987. The van der Waals surface area contributed by atoms with Crippen LogP contribution in [0.15, 0.2) is 18.2 Å². The van der Waals surface area contributed by atoms with Crippen molar-refractivity contribution in [1.82, 2.24) is 15.5 Å². The predicted octanol–water partition coefficient (Wildman–Crippen LogP) is 4.50. The Bertz CT molecular complexity index is 892. The highest BCUT2D eigenvalue weighted by molar-refractivity contribution is 7.80. The maximum absolute atomic E-state index is 13.9. The summed E-state index contributed by atoms with van der Waals surface area (Å²) in [6, 6.07) is 2.80. The molecule has 1 aromatic carbocycles. The Morgan fingerprint density at radius 3 is 2.20 bits per heavy atom. The van der Waals surface area contributed by atoms with Gasteiger partial charge >= 0.3 is 6.09 Å². The fourth-order valence-electron chi connectivity index (χ4n) is 3.78. The van der Waals surface area contributed by atoms with Crippen LogP contribution < -0.4 is 10.6 Å². The Morgan fingerprint density at radius 2 is 1.71 bits per heavy atom. The Hall–Kier alpha value is -2.42. The molecule has 0 fully saturated rings. The van der Waals surface area contributed by atoms with Gasteiger partial charge in [0.05, 0.1) is 0 Å². The third-order valence-corrected chi connectivity index (χ3v) is 5.68. The number of aromatic hydroxyl groups is 1. The summed E-state index contributed by atoms with van der Waals surface area (Å²) in [5, 5.41) is 16.5. The predicted molar refractivity (Wildman–Crippen MR) is 142 cm³/mol. The van der Waals surface area contributed by atoms with Crippen LogP contribution in [0.2, 0.25) is 0 Å². The normalized spacial score (nSPS) is 14.5. The van der Waals surface area contributed by atoms with E-state index in [9.17, 15) is 19.5 Å². The van der Waals surface area contributed by atoms with Crippen LogP contribution in [0.3, 0.4) is 0 Å². The van der Waals surface area contributed by atoms with Gasteiger partial charge in [-0.25, -0.2) is 4.79 Å². The third kappa shape index (κ3) is 8.94. The molecule has 1 aromatic rings. The van der Waals surface area contributed by atoms with Gasteiger partial charge in [0.15, 0.2) is 0 Å². The van der Waals surface area contributed by atoms with Crippen LogP contribution in [0.25, 0.3) is 0 Å². The largest absolute Gasteiger partial charge is 0.507 e. The standard InChI is InChI=1S/C26H43N3O5S/c1-10-12-17(3)27-22(31)20(18-14-11-13-16(2)21(18)30)29(25(4,5)6)23(32)19(15-35)28-24(33)34-26(7,8)9/h11,13-14,17,19-20,30,35H,10,12,15H2,1-9H3,(H,27,31)(H,28,33). The van der Waals surface area contributed by atoms with Crippen molar-refractivity contribution in [2.75, 3.05) is 5.75 Å². The maximum Gasteiger partial charge on any atom is 0.408 e. The van der Waals surface area contributed by atoms with Crippen molar-refractivity contribution in [2.24, 2.45) is 0 Å². The van der Waals surface area contributed by atoms with Gasteiger partial charge in [0.2, 0.25) is 11.8 Å². The molecule has 3 amide bonds. The van der Waals surface area contributed by atoms with Crippen LogP contribution >= 0.6 is 12.6 Å². The zero-order chi connectivity index (χ0) is 27.1. The van der Waals surface area contributed by atoms with E-state index in [1.165, 1.54) is 4.90 Å². The minimum absolute atomic E-state index is 0.00890. The maximum atomic E-state index is 13.9. The highest BCUT2D eigenvalue weighted by atomic mass is 32.1. The smallest absolute Gasteiger partial charge is 0.408 e. The van der Waals surface area contributed by atoms with Crippen molar-refractivity contribution in [2.45, 2.75) is 104 Å². The number of benzene rings is 1. The Morgan fingerprint density at radius 1 is 1.11 bits per heavy atom. The second-order valence-corrected chi connectivity index (χ2v) is 11.2. The van der Waals surface area contributed by atoms with Gasteiger partial charge in [-0.2, -0.15) is 12.6 Å². The number of phenols is 1. The molecule has 0 heterocycles. The number of thiol groups is 1. The first kappa shape index (κ1) is 30.6. The molecule has 8 nitrogen and oxygen atoms in total. The molecule has 3 atom stereocenters. The molecule has 0 aliphatic carbocycles. The quantitative estimate of drug-likeness (QED) is 0.367. The number of amides is 3. The lowest BCUT2D eigenvalue weighted by Crippen LogP contribution is -2.59. The van der Waals surface area contributed by atoms with Crippen molar-refractivity contribution in [3.05, 3.63) is 29.3 Å². The van der Waals surface area contributed by atoms with E-state index in [1.54, 1.807) is 66.7 Å². The molecule has 198 valence electrons. The first-order valence-electron chi connectivity index (χ1n) is 12.1. The fraction of sp³-hybridized carbons (Fsp3) is 0.654. The molecule has 0 aromatic heterocycles. The van der Waals surface area contributed by atoms with Gasteiger partial charge in [0.1, 0.15) is 23.4 Å². The first-order valence-corrected chi connectivity index (χ1v) is 12.7. The van der Waals surface area contributed by atoms with Gasteiger partial charge in [0, 0.05) is 22.9 Å². The molecule has 0 saturated carbocycles. The number of hydrogen-bond acceptors (Lipinski definition) is 6. The monoisotopic (exact) mass is 509 g/mol. The lowest BCUT2D eigenvalue weighted by atomic mass is 9.93. The van der Waals surface area contributed by atoms with Crippen LogP contribution in [0.4, 0.5) is 4.79 Å². The molecule has 0 spiro atoms. The van der Waals surface area contributed by atoms with E-state index in [0.717, 1.165) is 12.8 Å². The van der Waals surface area contributed by atoms with E-state index in [-0.39, 0.29) is 17.5 Å². The lowest BCUT2D eigenvalue weighted by molar-refractivity contribution is -0.148. The summed E-state index contributed by atoms with van der Waals surface area (Å²) in [6.45, 7) is 16.2. The van der Waals surface area contributed by atoms with E-state index >= 15 is 0 Å². The summed E-state index contributed by atoms with van der Waals surface area (Å²) >= 11 is 4.29. The molecular weight excluding hydrogens is 466 g/mol. The number of carbonyl (C=O) groups is 3. The lowest BCUT2D eigenvalue weighted by Gasteiger charge is -2.43. The minimum Gasteiger partial charge on any atom is -0.507 e. The second-order valence-electron chi connectivity index (χ2n) is 10.9. The van der Waals surface area contributed by atoms with Crippen LogP contribution in [0.5, 0.6) is 5.75 Å². The number of aryl methyl sites for hydroxylation is 1. The second kappa shape index (κ2) is 12.5. The molecule has 0 saturated heterocycles. The SMILES string of the molecule is CCCC(C)NC(=O)C(c1cccc(C)c1O)N(C(=O)C(CS)NC(=O)OC(C)(C)C)C(C)(C)C. The highest BCUT2D eigenvalue weighted by Gasteiger charge is 2.42. The zero-order valence-electron chi connectivity index (χ0n) is 22.6. The number of nitrogens with zero attached hydrogens (tertiary/aromatic N) is 1. The molecule has 35 heavy (non-hydrogen) atoms. The Kier molecular flexibility index (Phi) is 10.9. The van der Waals surface area contributed by atoms with E-state index in [2.05, 4.69) is 23.3 Å². The minimum atomic E-state index is -1.13. The van der Waals surface area contributed by atoms with E-state index in [4.69, 9.17) is 4.74 Å². The fourth-order valence-corrected chi connectivity index (χ4v) is 4.02. The molecule has 0 aliphatic rings. The molecule has 9 heteroatoms. The topological polar surface area (TPSA) is 108 Å². The average molecular weight is 510 g/mol. The third-order valence-electron chi connectivity index (χ3n) is 5.31. The van der Waals surface area contributed by atoms with Crippen molar-refractivity contribution in [3.8, 4) is 5.75 Å². The van der Waals surface area contributed by atoms with Crippen LogP contribution in [0.1, 0.15) is 85.4 Å². The van der Waals surface area contributed by atoms with Gasteiger partial charge < -0.3 is 25.4 Å². The molecule has 0 radical (unpaired) electrons. The number of rotatable bonds is 9. The summed E-state index contributed by atoms with van der Waals surface area (Å²) < 4.78 is 5.32. The highest BCUT2D eigenvalue weighted by Crippen LogP contribution is 2.36. The van der Waals surface area contributed by atoms with E-state index < -0.39 is 41.1 Å². The van der Waals surface area contributed by atoms with E-state index in [1.807, 2.05) is 13.8 Å². The Balaban J connectivity index is 3.56. The number of hydrogen-bond donors (Lipinski definition) is 4. The zero-order valence-corrected chi connectivity index (χ0v) is 23.5. The van der Waals surface area contributed by atoms with Gasteiger partial charge in [-0.15, -0.1) is 0 Å². The van der Waals surface area contributed by atoms with Gasteiger partial charge in [-0.05, 0) is 67.4 Å². The molecular formula is C26H43N3O5S. The van der Waals surface area contributed by atoms with Crippen molar-refractivity contribution >= 4 is 30.5 Å². The van der Waals surface area contributed by atoms with Crippen molar-refractivity contribution < 1.29 is 24.2 Å². The Labute approximate surface area is 215 Å². The molecule has 0 bridgehead atoms. The number of para-hydroxylation sites is 1. The number of phenolic OH excluding ortho intramolecular Hbond substituents is 1. The van der Waals surface area contributed by atoms with Crippen molar-refractivity contribution in [1.29, 1.82) is 0 Å². The number of nitrogens with one attached hydrogen (secondary N) is 2. The van der Waals surface area contributed by atoms with Crippen LogP contribution in [-0.2, 0) is 14.3 Å². The summed E-state index contributed by atoms with van der Waals surface area (Å²) in [6.07, 6.45) is 0.890. The average Bonchev–Trinajstić information content (AvgIpc) is 2.69. The van der Waals surface area contributed by atoms with E-state index in [0.29, 0.717) is 11.1 Å². The van der Waals surface area contributed by atoms with Gasteiger partial charge in [-0.1, -0.05) is 31.5 Å². The van der Waals surface area contributed by atoms with Gasteiger partial charge in [0.25, 0.3) is 0 Å². The molecule has 0 aliphatic heterocycles. The molecule has 3 N–H and O–H groups in total. The van der Waals surface area contributed by atoms with Crippen LogP contribution in [0, 0.1) is 6.92 Å². The number of ether oxygens (including phenoxy) is 1. The number of alkyl carbamates (subject to hydrolysis) is 1. The van der Waals surface area contributed by atoms with Crippen molar-refractivity contribution in [3.63, 3.8) is 0 Å². The summed E-state index contributed by atoms with van der Waals surface area (Å²) in [4.78, 5) is 41.4. The summed E-state index contributed by atoms with van der Waals surface area (Å²) in [7, 11) is 0. The molecule has 1 rings (SSSR count). The first-order chi connectivity index (χ1) is 16.0. The summed E-state index contributed by atoms with van der Waals surface area (Å²) in [5.41, 5.74) is -0.700. The number of carbonyl (C=O) groups excluding carboxylic acids is 3. The van der Waals surface area contributed by atoms with Crippen LogP contribution in [-0.4, -0.2) is 56.9 Å². The molecule has 3 unspecified atom stereocenters. The van der Waals surface area contributed by atoms with Gasteiger partial charge in [-0.3, -0.25) is 9.59 Å².